The van der Waals surface area contributed by atoms with Crippen molar-refractivity contribution in [1.29, 1.82) is 0 Å². The molecule has 2 atom stereocenters. The molecule has 7 heteroatoms. The van der Waals surface area contributed by atoms with E-state index in [1.807, 2.05) is 62.4 Å². The highest BCUT2D eigenvalue weighted by Gasteiger charge is 2.36. The second kappa shape index (κ2) is 12.7. The van der Waals surface area contributed by atoms with Crippen molar-refractivity contribution in [2.45, 2.75) is 64.8 Å². The van der Waals surface area contributed by atoms with Crippen LogP contribution in [0.1, 0.15) is 51.8 Å². The molecule has 2 aromatic rings. The molecule has 2 rings (SSSR count). The van der Waals surface area contributed by atoms with Gasteiger partial charge in [0.15, 0.2) is 0 Å². The van der Waals surface area contributed by atoms with Crippen molar-refractivity contribution in [2.24, 2.45) is 0 Å². The van der Waals surface area contributed by atoms with E-state index in [4.69, 9.17) is 4.74 Å². The maximum Gasteiger partial charge on any atom is 0.408 e. The van der Waals surface area contributed by atoms with Gasteiger partial charge in [-0.2, -0.15) is 0 Å². The molecule has 0 aliphatic rings. The SMILES string of the molecule is C=CCN(C(=O)C(Cc1ccccc1)NC(=O)OC(C)(C)C)C(C(=O)NC(C)C)c1ccccc1. The number of hydrogen-bond donors (Lipinski definition) is 2. The van der Waals surface area contributed by atoms with Crippen LogP contribution in [0.2, 0.25) is 0 Å². The summed E-state index contributed by atoms with van der Waals surface area (Å²) in [4.78, 5) is 41.4. The number of carbonyl (C=O) groups excluding carboxylic acids is 3. The second-order valence-corrected chi connectivity index (χ2v) is 9.64. The highest BCUT2D eigenvalue weighted by molar-refractivity contribution is 5.92. The number of hydrogen-bond acceptors (Lipinski definition) is 4. The van der Waals surface area contributed by atoms with E-state index in [1.54, 1.807) is 39.0 Å². The predicted octanol–water partition coefficient (Wildman–Crippen LogP) is 4.40. The van der Waals surface area contributed by atoms with E-state index in [2.05, 4.69) is 17.2 Å². The molecule has 2 N–H and O–H groups in total. The van der Waals surface area contributed by atoms with Gasteiger partial charge in [-0.15, -0.1) is 6.58 Å². The quantitative estimate of drug-likeness (QED) is 0.495. The van der Waals surface area contributed by atoms with Gasteiger partial charge in [0.1, 0.15) is 17.7 Å². The molecular formula is C28H37N3O4. The summed E-state index contributed by atoms with van der Waals surface area (Å²) >= 11 is 0. The highest BCUT2D eigenvalue weighted by atomic mass is 16.6. The van der Waals surface area contributed by atoms with E-state index in [1.165, 1.54) is 4.90 Å². The lowest BCUT2D eigenvalue weighted by Crippen LogP contribution is -2.54. The Morgan fingerprint density at radius 1 is 0.971 bits per heavy atom. The van der Waals surface area contributed by atoms with Gasteiger partial charge in [0.25, 0.3) is 0 Å². The van der Waals surface area contributed by atoms with Crippen molar-refractivity contribution < 1.29 is 19.1 Å². The average molecular weight is 480 g/mol. The van der Waals surface area contributed by atoms with Crippen LogP contribution in [0.5, 0.6) is 0 Å². The van der Waals surface area contributed by atoms with Gasteiger partial charge in [0, 0.05) is 19.0 Å². The lowest BCUT2D eigenvalue weighted by Gasteiger charge is -2.34. The molecule has 0 spiro atoms. The first-order valence-corrected chi connectivity index (χ1v) is 11.8. The zero-order valence-corrected chi connectivity index (χ0v) is 21.3. The normalized spacial score (nSPS) is 12.9. The third kappa shape index (κ3) is 8.92. The van der Waals surface area contributed by atoms with Crippen molar-refractivity contribution >= 4 is 17.9 Å². The van der Waals surface area contributed by atoms with Gasteiger partial charge < -0.3 is 20.3 Å². The molecule has 0 saturated heterocycles. The van der Waals surface area contributed by atoms with E-state index in [0.29, 0.717) is 5.56 Å². The van der Waals surface area contributed by atoms with Crippen LogP contribution < -0.4 is 10.6 Å². The van der Waals surface area contributed by atoms with Gasteiger partial charge in [-0.3, -0.25) is 9.59 Å². The summed E-state index contributed by atoms with van der Waals surface area (Å²) in [5.74, 6) is -0.718. The minimum absolute atomic E-state index is 0.116. The average Bonchev–Trinajstić information content (AvgIpc) is 2.77. The number of carbonyl (C=O) groups is 3. The van der Waals surface area contributed by atoms with Crippen molar-refractivity contribution in [3.8, 4) is 0 Å². The van der Waals surface area contributed by atoms with E-state index >= 15 is 0 Å². The standard InChI is InChI=1S/C28H37N3O4/c1-7-18-31(24(25(32)29-20(2)3)22-16-12-9-13-17-22)26(33)23(19-21-14-10-8-11-15-21)30-27(34)35-28(4,5)6/h7-17,20,23-24H,1,18-19H2,2-6H3,(H,29,32)(H,30,34). The molecule has 2 unspecified atom stereocenters. The predicted molar refractivity (Wildman–Crippen MR) is 138 cm³/mol. The summed E-state index contributed by atoms with van der Waals surface area (Å²) in [5.41, 5.74) is 0.800. The van der Waals surface area contributed by atoms with Gasteiger partial charge >= 0.3 is 6.09 Å². The minimum atomic E-state index is -0.953. The number of amides is 3. The molecule has 0 heterocycles. The molecule has 2 aromatic carbocycles. The van der Waals surface area contributed by atoms with E-state index < -0.39 is 29.7 Å². The van der Waals surface area contributed by atoms with E-state index in [9.17, 15) is 14.4 Å². The van der Waals surface area contributed by atoms with Crippen molar-refractivity contribution in [3.63, 3.8) is 0 Å². The Morgan fingerprint density at radius 2 is 1.54 bits per heavy atom. The third-order valence-corrected chi connectivity index (χ3v) is 4.99. The summed E-state index contributed by atoms with van der Waals surface area (Å²) < 4.78 is 5.42. The van der Waals surface area contributed by atoms with Crippen LogP contribution in [0.25, 0.3) is 0 Å². The molecule has 188 valence electrons. The Morgan fingerprint density at radius 3 is 2.06 bits per heavy atom. The topological polar surface area (TPSA) is 87.7 Å². The summed E-state index contributed by atoms with van der Waals surface area (Å²) in [6.07, 6.45) is 1.11. The Kier molecular flexibility index (Phi) is 10.1. The van der Waals surface area contributed by atoms with E-state index in [0.717, 1.165) is 5.56 Å². The van der Waals surface area contributed by atoms with Crippen LogP contribution in [0.15, 0.2) is 73.3 Å². The number of benzene rings is 2. The van der Waals surface area contributed by atoms with E-state index in [-0.39, 0.29) is 24.9 Å². The van der Waals surface area contributed by atoms with Crippen LogP contribution in [-0.4, -0.2) is 47.0 Å². The van der Waals surface area contributed by atoms with Crippen LogP contribution in [-0.2, 0) is 20.7 Å². The molecular weight excluding hydrogens is 442 g/mol. The Hall–Kier alpha value is -3.61. The molecule has 0 radical (unpaired) electrons. The molecule has 0 aromatic heterocycles. The first kappa shape index (κ1) is 27.6. The fourth-order valence-electron chi connectivity index (χ4n) is 3.63. The second-order valence-electron chi connectivity index (χ2n) is 9.64. The minimum Gasteiger partial charge on any atom is -0.444 e. The zero-order valence-electron chi connectivity index (χ0n) is 21.3. The first-order valence-electron chi connectivity index (χ1n) is 11.8. The van der Waals surface area contributed by atoms with Gasteiger partial charge in [-0.05, 0) is 45.7 Å². The Bertz CT molecular complexity index is 984. The third-order valence-electron chi connectivity index (χ3n) is 4.99. The monoisotopic (exact) mass is 479 g/mol. The van der Waals surface area contributed by atoms with Crippen molar-refractivity contribution in [2.75, 3.05) is 6.54 Å². The van der Waals surface area contributed by atoms with Crippen LogP contribution in [0, 0.1) is 0 Å². The van der Waals surface area contributed by atoms with Gasteiger partial charge in [0.2, 0.25) is 11.8 Å². The van der Waals surface area contributed by atoms with Gasteiger partial charge in [-0.1, -0.05) is 66.7 Å². The van der Waals surface area contributed by atoms with Gasteiger partial charge in [-0.25, -0.2) is 4.79 Å². The molecule has 0 bridgehead atoms. The lowest BCUT2D eigenvalue weighted by atomic mass is 10.00. The lowest BCUT2D eigenvalue weighted by molar-refractivity contribution is -0.142. The molecule has 0 aliphatic carbocycles. The maximum absolute atomic E-state index is 14.0. The summed E-state index contributed by atoms with van der Waals surface area (Å²) in [6.45, 7) is 12.9. The summed E-state index contributed by atoms with van der Waals surface area (Å²) in [6, 6.07) is 16.5. The smallest absolute Gasteiger partial charge is 0.408 e. The number of rotatable bonds is 10. The highest BCUT2D eigenvalue weighted by Crippen LogP contribution is 2.23. The Balaban J connectivity index is 2.47. The number of nitrogens with zero attached hydrogens (tertiary/aromatic N) is 1. The molecule has 7 nitrogen and oxygen atoms in total. The molecule has 0 saturated carbocycles. The molecule has 0 fully saturated rings. The molecule has 3 amide bonds. The van der Waals surface area contributed by atoms with Crippen molar-refractivity contribution in [1.82, 2.24) is 15.5 Å². The summed E-state index contributed by atoms with van der Waals surface area (Å²) in [7, 11) is 0. The fraction of sp³-hybridized carbons (Fsp3) is 0.393. The molecule has 35 heavy (non-hydrogen) atoms. The van der Waals surface area contributed by atoms with Crippen molar-refractivity contribution in [3.05, 3.63) is 84.4 Å². The largest absolute Gasteiger partial charge is 0.444 e. The number of nitrogens with one attached hydrogen (secondary N) is 2. The maximum atomic E-state index is 14.0. The fourth-order valence-corrected chi connectivity index (χ4v) is 3.63. The van der Waals surface area contributed by atoms with Crippen LogP contribution in [0.3, 0.4) is 0 Å². The molecule has 0 aliphatic heterocycles. The zero-order chi connectivity index (χ0) is 26.0. The number of alkyl carbamates (subject to hydrolysis) is 1. The van der Waals surface area contributed by atoms with Crippen LogP contribution >= 0.6 is 0 Å². The number of ether oxygens (including phenoxy) is 1. The van der Waals surface area contributed by atoms with Crippen LogP contribution in [0.4, 0.5) is 4.79 Å². The van der Waals surface area contributed by atoms with Gasteiger partial charge in [0.05, 0.1) is 0 Å². The Labute approximate surface area is 208 Å². The first-order chi connectivity index (χ1) is 16.5. The summed E-state index contributed by atoms with van der Waals surface area (Å²) in [5, 5.41) is 5.64.